The molecule has 0 spiro atoms. The van der Waals surface area contributed by atoms with Crippen molar-refractivity contribution in [2.75, 3.05) is 40.2 Å². The van der Waals surface area contributed by atoms with E-state index in [2.05, 4.69) is 31.1 Å². The molecule has 0 aromatic heterocycles. The van der Waals surface area contributed by atoms with Crippen molar-refractivity contribution in [1.29, 1.82) is 0 Å². The third-order valence-corrected chi connectivity index (χ3v) is 15.9. The van der Waals surface area contributed by atoms with Gasteiger partial charge in [0.25, 0.3) is 0 Å². The molecule has 17 heteroatoms. The van der Waals surface area contributed by atoms with E-state index in [0.717, 1.165) is 36.9 Å². The van der Waals surface area contributed by atoms with Gasteiger partial charge in [0, 0.05) is 63.2 Å². The van der Waals surface area contributed by atoms with E-state index in [1.807, 2.05) is 70.8 Å². The molecule has 18 atom stereocenters. The van der Waals surface area contributed by atoms with E-state index in [-0.39, 0.29) is 42.8 Å². The number of rotatable bonds is 15. The highest BCUT2D eigenvalue weighted by Crippen LogP contribution is 2.46. The first-order valence-corrected chi connectivity index (χ1v) is 25.9. The molecule has 4 aliphatic heterocycles. The van der Waals surface area contributed by atoms with Gasteiger partial charge >= 0.3 is 11.9 Å². The van der Waals surface area contributed by atoms with Gasteiger partial charge in [0.2, 0.25) is 5.91 Å². The molecule has 17 nitrogen and oxygen atoms in total. The lowest BCUT2D eigenvalue weighted by Crippen LogP contribution is -2.68. The molecule has 1 aromatic rings. The molecule has 70 heavy (non-hydrogen) atoms. The lowest BCUT2D eigenvalue weighted by atomic mass is 9.76. The van der Waals surface area contributed by atoms with Gasteiger partial charge in [-0.15, -0.1) is 0 Å². The normalized spacial score (nSPS) is 40.3. The van der Waals surface area contributed by atoms with Crippen LogP contribution in [0.1, 0.15) is 139 Å². The van der Waals surface area contributed by atoms with Crippen molar-refractivity contribution >= 4 is 23.5 Å². The van der Waals surface area contributed by atoms with E-state index in [9.17, 15) is 29.7 Å². The Morgan fingerprint density at radius 2 is 1.57 bits per heavy atom. The SMILES string of the molecule is CC[C@H]1OC(=O)[C@H](C)[C@@H](O[C@H]2C[C@@](C)(OC)[C@@H](O)[C@H](C)O2)[C@H](C)[C@H]2O[C@@H]3O[C@H](C)C[C@H](N(C)Cc4ccc(NC(=O)CCCCCCC(=O)OC)cc4)[C@H]3O[C@]2(C)C[C@@H](C)CN(C)[C@H](C)[C@@H](O)[C@]1(C)O. The van der Waals surface area contributed by atoms with E-state index in [4.69, 9.17) is 37.9 Å². The van der Waals surface area contributed by atoms with E-state index < -0.39 is 96.0 Å². The predicted octanol–water partition coefficient (Wildman–Crippen LogP) is 5.97. The smallest absolute Gasteiger partial charge is 0.311 e. The number of likely N-dealkylation sites (N-methyl/N-ethyl adjacent to an activating group) is 2. The number of amides is 1. The number of esters is 2. The number of hydrogen-bond donors (Lipinski definition) is 4. The van der Waals surface area contributed by atoms with Gasteiger partial charge in [-0.1, -0.05) is 45.7 Å². The number of benzene rings is 1. The maximum absolute atomic E-state index is 14.5. The van der Waals surface area contributed by atoms with Crippen LogP contribution in [-0.2, 0) is 58.8 Å². The van der Waals surface area contributed by atoms with Crippen LogP contribution in [0.4, 0.5) is 5.69 Å². The molecule has 0 aliphatic carbocycles. The average molecular weight is 992 g/mol. The number of fused-ring (bicyclic) bond motifs is 2. The van der Waals surface area contributed by atoms with Crippen LogP contribution in [0.5, 0.6) is 0 Å². The molecule has 4 saturated heterocycles. The summed E-state index contributed by atoms with van der Waals surface area (Å²) < 4.78 is 51.2. The quantitative estimate of drug-likeness (QED) is 0.118. The van der Waals surface area contributed by atoms with E-state index in [1.54, 1.807) is 21.0 Å². The third kappa shape index (κ3) is 14.1. The first-order chi connectivity index (χ1) is 32.9. The van der Waals surface area contributed by atoms with Crippen LogP contribution in [0, 0.1) is 17.8 Å². The molecule has 1 amide bonds. The summed E-state index contributed by atoms with van der Waals surface area (Å²) in [6.07, 6.45) is -2.12. The van der Waals surface area contributed by atoms with Crippen molar-refractivity contribution in [1.82, 2.24) is 9.80 Å². The zero-order valence-corrected chi connectivity index (χ0v) is 44.7. The molecular weight excluding hydrogens is 903 g/mol. The van der Waals surface area contributed by atoms with Crippen LogP contribution < -0.4 is 5.32 Å². The second-order valence-electron chi connectivity index (χ2n) is 21.9. The number of hydrogen-bond acceptors (Lipinski definition) is 16. The summed E-state index contributed by atoms with van der Waals surface area (Å²) in [6.45, 7) is 19.9. The van der Waals surface area contributed by atoms with Crippen molar-refractivity contribution in [3.8, 4) is 0 Å². The summed E-state index contributed by atoms with van der Waals surface area (Å²) in [6, 6.07) is 7.26. The largest absolute Gasteiger partial charge is 0.469 e. The Morgan fingerprint density at radius 1 is 0.914 bits per heavy atom. The van der Waals surface area contributed by atoms with Gasteiger partial charge < -0.3 is 63.4 Å². The van der Waals surface area contributed by atoms with Crippen molar-refractivity contribution < 1.29 is 67.6 Å². The number of methoxy groups -OCH3 is 2. The Morgan fingerprint density at radius 3 is 2.20 bits per heavy atom. The molecule has 5 rings (SSSR count). The van der Waals surface area contributed by atoms with Gasteiger partial charge in [-0.2, -0.15) is 0 Å². The Bertz CT molecular complexity index is 1840. The second-order valence-corrected chi connectivity index (χ2v) is 21.9. The van der Waals surface area contributed by atoms with Crippen LogP contribution in [0.15, 0.2) is 24.3 Å². The molecule has 0 radical (unpaired) electrons. The summed E-state index contributed by atoms with van der Waals surface area (Å²) in [4.78, 5) is 42.9. The monoisotopic (exact) mass is 992 g/mol. The summed E-state index contributed by atoms with van der Waals surface area (Å²) in [7, 11) is 6.93. The summed E-state index contributed by atoms with van der Waals surface area (Å²) in [5.74, 6) is -2.35. The first kappa shape index (κ1) is 58.1. The summed E-state index contributed by atoms with van der Waals surface area (Å²) in [5.41, 5.74) is -1.97. The van der Waals surface area contributed by atoms with Gasteiger partial charge in [-0.05, 0) is 118 Å². The standard InChI is InChI=1S/C53H89N3O14/c1-15-40-53(10,62)46(59)35(6)55(11)29-31(2)27-52(9)48(33(4)44(34(5)49(61)67-40)68-43-28-51(8,64-14)47(60)36(7)66-43)69-50-45(70-52)39(26-32(3)65-50)56(12)30-37-22-24-38(25-23-37)54-41(57)20-18-16-17-19-21-42(58)63-13/h22-25,31-36,39-40,43-48,50,59-60,62H,15-21,26-30H2,1-14H3,(H,54,57)/t31-,32-,33+,34-,35-,36+,39+,40-,43+,44+,45-,46-,47+,48-,50+,51-,52-,53-/m1/s1. The molecule has 400 valence electrons. The fourth-order valence-electron chi connectivity index (χ4n) is 11.5. The summed E-state index contributed by atoms with van der Waals surface area (Å²) >= 11 is 0. The van der Waals surface area contributed by atoms with Crippen LogP contribution in [0.25, 0.3) is 0 Å². The number of carbonyl (C=O) groups is 3. The average Bonchev–Trinajstić information content (AvgIpc) is 3.31. The minimum absolute atomic E-state index is 0.00528. The van der Waals surface area contributed by atoms with Gasteiger partial charge in [-0.25, -0.2) is 0 Å². The molecule has 4 N–H and O–H groups in total. The predicted molar refractivity (Wildman–Crippen MR) is 263 cm³/mol. The van der Waals surface area contributed by atoms with Crippen LogP contribution in [-0.4, -0.2) is 168 Å². The van der Waals surface area contributed by atoms with Crippen LogP contribution >= 0.6 is 0 Å². The Balaban J connectivity index is 1.41. The number of nitrogens with one attached hydrogen (secondary N) is 1. The maximum Gasteiger partial charge on any atom is 0.311 e. The Kier molecular flexibility index (Phi) is 20.7. The number of nitrogens with zero attached hydrogens (tertiary/aromatic N) is 2. The number of cyclic esters (lactones) is 1. The van der Waals surface area contributed by atoms with E-state index in [0.29, 0.717) is 38.8 Å². The molecule has 4 fully saturated rings. The summed E-state index contributed by atoms with van der Waals surface area (Å²) in [5, 5.41) is 37.8. The topological polar surface area (TPSA) is 204 Å². The molecule has 0 bridgehead atoms. The zero-order chi connectivity index (χ0) is 51.9. The van der Waals surface area contributed by atoms with Gasteiger partial charge in [0.15, 0.2) is 12.6 Å². The minimum atomic E-state index is -1.79. The minimum Gasteiger partial charge on any atom is -0.469 e. The highest BCUT2D eigenvalue weighted by molar-refractivity contribution is 5.90. The fraction of sp³-hybridized carbons (Fsp3) is 0.830. The number of unbranched alkanes of at least 4 members (excludes halogenated alkanes) is 3. The van der Waals surface area contributed by atoms with E-state index in [1.165, 1.54) is 14.0 Å². The highest BCUT2D eigenvalue weighted by atomic mass is 16.7. The molecule has 0 saturated carbocycles. The highest BCUT2D eigenvalue weighted by Gasteiger charge is 2.58. The molecule has 4 heterocycles. The van der Waals surface area contributed by atoms with Crippen molar-refractivity contribution in [2.45, 2.75) is 230 Å². The second kappa shape index (κ2) is 24.9. The van der Waals surface area contributed by atoms with Crippen molar-refractivity contribution in [3.63, 3.8) is 0 Å². The van der Waals surface area contributed by atoms with Crippen LogP contribution in [0.2, 0.25) is 0 Å². The van der Waals surface area contributed by atoms with Crippen molar-refractivity contribution in [3.05, 3.63) is 29.8 Å². The van der Waals surface area contributed by atoms with Gasteiger partial charge in [-0.3, -0.25) is 19.3 Å². The molecule has 4 aliphatic rings. The molecule has 0 unspecified atom stereocenters. The van der Waals surface area contributed by atoms with E-state index >= 15 is 0 Å². The molecule has 1 aromatic carbocycles. The first-order valence-electron chi connectivity index (χ1n) is 25.9. The number of ether oxygens (including phenoxy) is 8. The molecular formula is C53H89N3O14. The number of aliphatic hydroxyl groups is 3. The lowest BCUT2D eigenvalue weighted by Gasteiger charge is -2.56. The maximum atomic E-state index is 14.5. The number of aliphatic hydroxyl groups excluding tert-OH is 2. The Hall–Kier alpha value is -2.81. The Labute approximate surface area is 417 Å². The lowest BCUT2D eigenvalue weighted by molar-refractivity contribution is -0.378. The number of anilines is 1. The van der Waals surface area contributed by atoms with Gasteiger partial charge in [0.1, 0.15) is 30.0 Å². The van der Waals surface area contributed by atoms with Gasteiger partial charge in [0.05, 0.1) is 48.6 Å². The van der Waals surface area contributed by atoms with Crippen molar-refractivity contribution in [2.24, 2.45) is 17.8 Å². The fourth-order valence-corrected chi connectivity index (χ4v) is 11.5. The zero-order valence-electron chi connectivity index (χ0n) is 44.7. The van der Waals surface area contributed by atoms with Crippen LogP contribution in [0.3, 0.4) is 0 Å². The number of carbonyl (C=O) groups excluding carboxylic acids is 3. The third-order valence-electron chi connectivity index (χ3n) is 15.9.